The number of aliphatic imine (C=N–C) groups is 1. The molecule has 0 fully saturated rings. The average molecular weight is 444 g/mol. The predicted molar refractivity (Wildman–Crippen MR) is 101 cm³/mol. The second kappa shape index (κ2) is 6.30. The van der Waals surface area contributed by atoms with Crippen LogP contribution in [0.15, 0.2) is 50.8 Å². The lowest BCUT2D eigenvalue weighted by Gasteiger charge is -2.10. The fourth-order valence-electron chi connectivity index (χ4n) is 2.35. The van der Waals surface area contributed by atoms with Crippen molar-refractivity contribution >= 4 is 60.5 Å². The molecule has 130 valence electrons. The number of primary sulfonamides is 1. The molecule has 0 aliphatic carbocycles. The average Bonchev–Trinajstić information content (AvgIpc) is 2.81. The van der Waals surface area contributed by atoms with Gasteiger partial charge in [0.1, 0.15) is 0 Å². The number of nitrogens with zero attached hydrogens (tertiary/aromatic N) is 3. The van der Waals surface area contributed by atoms with Crippen LogP contribution in [0.1, 0.15) is 0 Å². The minimum atomic E-state index is -3.95. The maximum Gasteiger partial charge on any atom is 0.239 e. The third-order valence-corrected chi connectivity index (χ3v) is 5.51. The van der Waals surface area contributed by atoms with Crippen LogP contribution in [0.4, 0.5) is 5.95 Å². The predicted octanol–water partition coefficient (Wildman–Crippen LogP) is 1.99. The Hall–Kier alpha value is -2.14. The smallest absolute Gasteiger partial charge is 0.239 e. The van der Waals surface area contributed by atoms with E-state index in [2.05, 4.69) is 25.9 Å². The van der Waals surface area contributed by atoms with Gasteiger partial charge < -0.3 is 11.5 Å². The molecule has 0 aliphatic heterocycles. The molecule has 3 aromatic rings. The van der Waals surface area contributed by atoms with Gasteiger partial charge in [0.25, 0.3) is 0 Å². The van der Waals surface area contributed by atoms with Gasteiger partial charge in [-0.1, -0.05) is 23.7 Å². The molecule has 0 amide bonds. The number of imidazole rings is 1. The number of hydrogen-bond donors (Lipinski definition) is 3. The van der Waals surface area contributed by atoms with Crippen LogP contribution in [0.25, 0.3) is 16.7 Å². The highest BCUT2D eigenvalue weighted by Gasteiger charge is 2.20. The number of guanidine groups is 1. The molecule has 0 unspecified atom stereocenters. The van der Waals surface area contributed by atoms with E-state index in [1.165, 1.54) is 12.1 Å². The number of rotatable bonds is 3. The SMILES string of the molecule is NC(N)=Nc1nc2cc(Br)c(S(N)(=O)=O)cc2n1-c1ccccc1Cl. The Morgan fingerprint density at radius 2 is 1.92 bits per heavy atom. The third-order valence-electron chi connectivity index (χ3n) is 3.32. The number of aromatic nitrogens is 2. The fraction of sp³-hybridized carbons (Fsp3) is 0. The van der Waals surface area contributed by atoms with E-state index in [1.54, 1.807) is 28.8 Å². The zero-order chi connectivity index (χ0) is 18.4. The summed E-state index contributed by atoms with van der Waals surface area (Å²) >= 11 is 9.46. The number of nitrogens with two attached hydrogens (primary N) is 3. The molecule has 0 aliphatic rings. The van der Waals surface area contributed by atoms with Gasteiger partial charge in [-0.2, -0.15) is 4.99 Å². The Balaban J connectivity index is 2.47. The zero-order valence-electron chi connectivity index (χ0n) is 12.5. The van der Waals surface area contributed by atoms with Gasteiger partial charge >= 0.3 is 0 Å². The maximum absolute atomic E-state index is 11.8. The molecule has 0 saturated heterocycles. The molecule has 0 spiro atoms. The van der Waals surface area contributed by atoms with E-state index in [9.17, 15) is 8.42 Å². The second-order valence-electron chi connectivity index (χ2n) is 5.05. The first-order valence-electron chi connectivity index (χ1n) is 6.78. The van der Waals surface area contributed by atoms with Crippen molar-refractivity contribution in [3.63, 3.8) is 0 Å². The van der Waals surface area contributed by atoms with Crippen LogP contribution in [0, 0.1) is 0 Å². The molecule has 25 heavy (non-hydrogen) atoms. The van der Waals surface area contributed by atoms with Gasteiger partial charge in [-0.05, 0) is 40.2 Å². The van der Waals surface area contributed by atoms with Gasteiger partial charge in [-0.3, -0.25) is 4.57 Å². The molecule has 0 atom stereocenters. The summed E-state index contributed by atoms with van der Waals surface area (Å²) in [4.78, 5) is 8.26. The summed E-state index contributed by atoms with van der Waals surface area (Å²) in [6, 6.07) is 9.85. The summed E-state index contributed by atoms with van der Waals surface area (Å²) in [5.41, 5.74) is 12.4. The molecule has 0 saturated carbocycles. The standard InChI is InChI=1S/C14H12BrClN6O2S/c15-7-5-9-11(6-12(7)25(19,23)24)22(14(20-9)21-13(17)18)10-4-2-1-3-8(10)16/h1-6H,(H2,19,23,24)(H4,17,18,20,21). The number of para-hydroxylation sites is 1. The van der Waals surface area contributed by atoms with Crippen molar-refractivity contribution in [1.29, 1.82) is 0 Å². The van der Waals surface area contributed by atoms with Gasteiger partial charge in [0.05, 0.1) is 26.6 Å². The molecule has 1 aromatic heterocycles. The van der Waals surface area contributed by atoms with Crippen LogP contribution in [0.5, 0.6) is 0 Å². The number of hydrogen-bond acceptors (Lipinski definition) is 4. The quantitative estimate of drug-likeness (QED) is 0.419. The number of benzene rings is 2. The molecule has 3 rings (SSSR count). The topological polar surface area (TPSA) is 142 Å². The molecule has 6 N–H and O–H groups in total. The van der Waals surface area contributed by atoms with E-state index in [4.69, 9.17) is 28.2 Å². The van der Waals surface area contributed by atoms with Crippen LogP contribution < -0.4 is 16.6 Å². The van der Waals surface area contributed by atoms with Gasteiger partial charge in [0.15, 0.2) is 5.96 Å². The minimum Gasteiger partial charge on any atom is -0.370 e. The van der Waals surface area contributed by atoms with Crippen molar-refractivity contribution < 1.29 is 8.42 Å². The van der Waals surface area contributed by atoms with E-state index < -0.39 is 10.0 Å². The van der Waals surface area contributed by atoms with Crippen LogP contribution in [0.3, 0.4) is 0 Å². The van der Waals surface area contributed by atoms with Crippen molar-refractivity contribution in [2.24, 2.45) is 21.6 Å². The summed E-state index contributed by atoms with van der Waals surface area (Å²) in [5, 5.41) is 5.68. The summed E-state index contributed by atoms with van der Waals surface area (Å²) < 4.78 is 25.5. The second-order valence-corrected chi connectivity index (χ2v) is 7.84. The number of fused-ring (bicyclic) bond motifs is 1. The summed E-state index contributed by atoms with van der Waals surface area (Å²) in [5.74, 6) is -0.0454. The summed E-state index contributed by atoms with van der Waals surface area (Å²) in [7, 11) is -3.95. The monoisotopic (exact) mass is 442 g/mol. The lowest BCUT2D eigenvalue weighted by Crippen LogP contribution is -2.22. The van der Waals surface area contributed by atoms with E-state index >= 15 is 0 Å². The Kier molecular flexibility index (Phi) is 4.45. The normalized spacial score (nSPS) is 11.6. The first-order chi connectivity index (χ1) is 11.7. The van der Waals surface area contributed by atoms with Gasteiger partial charge in [-0.25, -0.2) is 18.5 Å². The van der Waals surface area contributed by atoms with Crippen molar-refractivity contribution in [2.45, 2.75) is 4.90 Å². The van der Waals surface area contributed by atoms with Crippen molar-refractivity contribution in [2.75, 3.05) is 0 Å². The van der Waals surface area contributed by atoms with Crippen LogP contribution in [0.2, 0.25) is 5.02 Å². The van der Waals surface area contributed by atoms with E-state index in [1.807, 2.05) is 0 Å². The van der Waals surface area contributed by atoms with E-state index in [-0.39, 0.29) is 21.3 Å². The first-order valence-corrected chi connectivity index (χ1v) is 9.49. The molecule has 0 bridgehead atoms. The highest BCUT2D eigenvalue weighted by molar-refractivity contribution is 9.10. The largest absolute Gasteiger partial charge is 0.370 e. The molecule has 2 aromatic carbocycles. The van der Waals surface area contributed by atoms with Gasteiger partial charge in [0, 0.05) is 4.47 Å². The van der Waals surface area contributed by atoms with Crippen molar-refractivity contribution in [1.82, 2.24) is 9.55 Å². The van der Waals surface area contributed by atoms with Gasteiger partial charge in [0.2, 0.25) is 16.0 Å². The Bertz CT molecular complexity index is 1120. The highest BCUT2D eigenvalue weighted by atomic mass is 79.9. The first kappa shape index (κ1) is 17.7. The Labute approximate surface area is 156 Å². The zero-order valence-corrected chi connectivity index (χ0v) is 15.7. The molecular weight excluding hydrogens is 432 g/mol. The molecular formula is C14H12BrClN6O2S. The van der Waals surface area contributed by atoms with Crippen LogP contribution >= 0.6 is 27.5 Å². The molecule has 1 heterocycles. The Morgan fingerprint density at radius 3 is 2.52 bits per heavy atom. The summed E-state index contributed by atoms with van der Waals surface area (Å²) in [6.45, 7) is 0. The fourth-order valence-corrected chi connectivity index (χ4v) is 4.18. The van der Waals surface area contributed by atoms with E-state index in [0.29, 0.717) is 21.7 Å². The lowest BCUT2D eigenvalue weighted by atomic mass is 10.3. The summed E-state index contributed by atoms with van der Waals surface area (Å²) in [6.07, 6.45) is 0. The number of sulfonamides is 1. The highest BCUT2D eigenvalue weighted by Crippen LogP contribution is 2.34. The maximum atomic E-state index is 11.8. The molecule has 8 nitrogen and oxygen atoms in total. The van der Waals surface area contributed by atoms with Crippen LogP contribution in [-0.2, 0) is 10.0 Å². The van der Waals surface area contributed by atoms with Gasteiger partial charge in [-0.15, -0.1) is 0 Å². The molecule has 11 heteroatoms. The lowest BCUT2D eigenvalue weighted by molar-refractivity contribution is 0.597. The van der Waals surface area contributed by atoms with Crippen molar-refractivity contribution in [3.05, 3.63) is 45.9 Å². The molecule has 0 radical (unpaired) electrons. The minimum absolute atomic E-state index is 0.0931. The Morgan fingerprint density at radius 1 is 1.24 bits per heavy atom. The van der Waals surface area contributed by atoms with Crippen LogP contribution in [-0.4, -0.2) is 23.9 Å². The number of halogens is 2. The van der Waals surface area contributed by atoms with E-state index in [0.717, 1.165) is 0 Å². The van der Waals surface area contributed by atoms with Crippen molar-refractivity contribution in [3.8, 4) is 5.69 Å². The third kappa shape index (κ3) is 3.33.